The first-order chi connectivity index (χ1) is 31.7. The van der Waals surface area contributed by atoms with Gasteiger partial charge in [0.1, 0.15) is 0 Å². The molecule has 0 fully saturated rings. The number of hydrogen-bond acceptors (Lipinski definition) is 1. The average Bonchev–Trinajstić information content (AvgIpc) is 4.15. The Morgan fingerprint density at radius 2 is 0.656 bits per heavy atom. The first-order valence-corrected chi connectivity index (χ1v) is 22.8. The molecule has 0 aliphatic heterocycles. The van der Waals surface area contributed by atoms with Crippen molar-refractivity contribution in [3.63, 3.8) is 0 Å². The summed E-state index contributed by atoms with van der Waals surface area (Å²) in [6.45, 7) is 0. The minimum Gasteiger partial charge on any atom is -0.309 e. The van der Waals surface area contributed by atoms with Gasteiger partial charge in [0.05, 0.1) is 38.6 Å². The summed E-state index contributed by atoms with van der Waals surface area (Å²) < 4.78 is 10.0. The van der Waals surface area contributed by atoms with Crippen LogP contribution in [0.2, 0.25) is 0 Å². The Hall–Kier alpha value is -8.18. The first-order valence-electron chi connectivity index (χ1n) is 22.0. The molecule has 0 aliphatic rings. The second kappa shape index (κ2) is 12.7. The van der Waals surface area contributed by atoms with Crippen LogP contribution in [0.4, 0.5) is 0 Å². The van der Waals surface area contributed by atoms with Crippen LogP contribution in [0, 0.1) is 0 Å². The van der Waals surface area contributed by atoms with Crippen LogP contribution in [0.1, 0.15) is 0 Å². The van der Waals surface area contributed by atoms with Crippen molar-refractivity contribution in [3.8, 4) is 33.6 Å². The van der Waals surface area contributed by atoms with E-state index < -0.39 is 0 Å². The van der Waals surface area contributed by atoms with E-state index in [9.17, 15) is 0 Å². The number of thiophene rings is 1. The topological polar surface area (TPSA) is 14.3 Å². The molecule has 5 aromatic heterocycles. The molecule has 0 aliphatic carbocycles. The molecule has 3 nitrogen and oxygen atoms in total. The molecule has 0 atom stereocenters. The van der Waals surface area contributed by atoms with E-state index in [1.807, 2.05) is 11.3 Å². The molecule has 0 N–H and O–H groups in total. The number of benzene rings is 10. The van der Waals surface area contributed by atoms with Crippen LogP contribution in [0.15, 0.2) is 212 Å². The van der Waals surface area contributed by atoms with Gasteiger partial charge < -0.3 is 13.5 Å². The third-order valence-electron chi connectivity index (χ3n) is 14.0. The number of fused-ring (bicyclic) bond motifs is 15. The van der Waals surface area contributed by atoms with Crippen molar-refractivity contribution >= 4 is 113 Å². The summed E-state index contributed by atoms with van der Waals surface area (Å²) in [5, 5.41) is 12.8. The molecule has 0 unspecified atom stereocenters. The maximum atomic E-state index is 2.47. The van der Waals surface area contributed by atoms with Gasteiger partial charge in [0.2, 0.25) is 0 Å². The van der Waals surface area contributed by atoms with Gasteiger partial charge in [-0.1, -0.05) is 121 Å². The second-order valence-corrected chi connectivity index (χ2v) is 18.4. The third-order valence-corrected chi connectivity index (χ3v) is 15.1. The molecule has 15 rings (SSSR count). The van der Waals surface area contributed by atoms with Gasteiger partial charge in [0, 0.05) is 74.6 Å². The van der Waals surface area contributed by atoms with E-state index in [2.05, 4.69) is 226 Å². The maximum Gasteiger partial charge on any atom is 0.0622 e. The van der Waals surface area contributed by atoms with Gasteiger partial charge in [-0.2, -0.15) is 0 Å². The summed E-state index contributed by atoms with van der Waals surface area (Å²) in [7, 11) is 0. The predicted molar refractivity (Wildman–Crippen MR) is 274 cm³/mol. The minimum atomic E-state index is 1.16. The second-order valence-electron chi connectivity index (χ2n) is 17.3. The quantitative estimate of drug-likeness (QED) is 0.168. The minimum absolute atomic E-state index is 1.16. The molecule has 5 heterocycles. The monoisotopic (exact) mass is 829 g/mol. The lowest BCUT2D eigenvalue weighted by molar-refractivity contribution is 1.18. The van der Waals surface area contributed by atoms with Gasteiger partial charge >= 0.3 is 0 Å². The Balaban J connectivity index is 0.861. The highest BCUT2D eigenvalue weighted by atomic mass is 32.1. The highest BCUT2D eigenvalue weighted by Gasteiger charge is 2.21. The Labute approximate surface area is 370 Å². The Kier molecular flexibility index (Phi) is 6.83. The highest BCUT2D eigenvalue weighted by molar-refractivity contribution is 7.25. The van der Waals surface area contributed by atoms with Gasteiger partial charge in [-0.3, -0.25) is 0 Å². The van der Waals surface area contributed by atoms with E-state index in [1.165, 1.54) is 130 Å². The molecule has 0 bridgehead atoms. The maximum absolute atomic E-state index is 2.47. The summed E-state index contributed by atoms with van der Waals surface area (Å²) in [4.78, 5) is 0. The Bertz CT molecular complexity index is 4340. The highest BCUT2D eigenvalue weighted by Crippen LogP contribution is 2.44. The Morgan fingerprint density at radius 3 is 1.25 bits per heavy atom. The molecular weight excluding hydrogens is 795 g/mol. The zero-order valence-electron chi connectivity index (χ0n) is 34.5. The van der Waals surface area contributed by atoms with Crippen molar-refractivity contribution in [2.45, 2.75) is 0 Å². The number of nitrogens with zero attached hydrogens (tertiary/aromatic N) is 3. The molecule has 0 saturated heterocycles. The molecular formula is C60H35N3S. The summed E-state index contributed by atoms with van der Waals surface area (Å²) in [5.41, 5.74) is 15.8. The number of hydrogen-bond donors (Lipinski definition) is 0. The van der Waals surface area contributed by atoms with Gasteiger partial charge in [-0.15, -0.1) is 11.3 Å². The predicted octanol–water partition coefficient (Wildman–Crippen LogP) is 16.7. The standard InChI is InChI=1S/C60H35N3S/c1-6-16-52-42(11-1)47-31-38(23-28-56(47)61(52)40-26-21-36(22-27-40)37-25-30-59-49(33-37)46-15-5-10-20-58(46)64-59)39-24-29-57-48(32-39)43-12-2-7-17-53(43)62(57)41-34-50-44-13-3-8-18-54(44)63-55-19-9-4-14-45(55)51(35-41)60(50)63/h1-35H. The fraction of sp³-hybridized carbons (Fsp3) is 0. The van der Waals surface area contributed by atoms with Gasteiger partial charge in [0.25, 0.3) is 0 Å². The molecule has 0 radical (unpaired) electrons. The zero-order valence-corrected chi connectivity index (χ0v) is 35.3. The largest absolute Gasteiger partial charge is 0.309 e. The molecule has 296 valence electrons. The normalized spacial score (nSPS) is 12.4. The molecule has 0 spiro atoms. The number of rotatable bonds is 4. The molecule has 4 heteroatoms. The van der Waals surface area contributed by atoms with E-state index in [-0.39, 0.29) is 0 Å². The van der Waals surface area contributed by atoms with Gasteiger partial charge in [-0.05, 0) is 113 Å². The van der Waals surface area contributed by atoms with E-state index in [0.717, 1.165) is 5.69 Å². The molecule has 0 amide bonds. The van der Waals surface area contributed by atoms with E-state index in [4.69, 9.17) is 0 Å². The van der Waals surface area contributed by atoms with Crippen LogP contribution < -0.4 is 0 Å². The summed E-state index contributed by atoms with van der Waals surface area (Å²) in [6.07, 6.45) is 0. The fourth-order valence-corrected chi connectivity index (χ4v) is 12.2. The summed E-state index contributed by atoms with van der Waals surface area (Å²) in [6, 6.07) is 79.0. The number of aromatic nitrogens is 3. The van der Waals surface area contributed by atoms with Crippen LogP contribution >= 0.6 is 11.3 Å². The number of para-hydroxylation sites is 4. The molecule has 0 saturated carbocycles. The molecule has 10 aromatic carbocycles. The summed E-state index contributed by atoms with van der Waals surface area (Å²) >= 11 is 1.87. The first kappa shape index (κ1) is 34.4. The third kappa shape index (κ3) is 4.64. The van der Waals surface area contributed by atoms with E-state index in [0.29, 0.717) is 0 Å². The molecule has 64 heavy (non-hydrogen) atoms. The van der Waals surface area contributed by atoms with Gasteiger partial charge in [0.15, 0.2) is 0 Å². The lowest BCUT2D eigenvalue weighted by Gasteiger charge is -2.11. The smallest absolute Gasteiger partial charge is 0.0622 e. The van der Waals surface area contributed by atoms with E-state index >= 15 is 0 Å². The van der Waals surface area contributed by atoms with Crippen molar-refractivity contribution in [1.29, 1.82) is 0 Å². The van der Waals surface area contributed by atoms with Crippen LogP contribution in [0.5, 0.6) is 0 Å². The van der Waals surface area contributed by atoms with Crippen LogP contribution in [-0.4, -0.2) is 13.5 Å². The average molecular weight is 830 g/mol. The van der Waals surface area contributed by atoms with Crippen molar-refractivity contribution in [2.75, 3.05) is 0 Å². The SMILES string of the molecule is c1ccc2c(c1)sc1ccc(-c3ccc(-n4c5ccccc5c5cc(-c6ccc7c(c6)c6ccccc6n7-c6cc7c8ccccc8n8c9ccccc9c(c6)c78)ccc54)cc3)cc12. The van der Waals surface area contributed by atoms with Gasteiger partial charge in [-0.25, -0.2) is 0 Å². The van der Waals surface area contributed by atoms with E-state index in [1.54, 1.807) is 0 Å². The Morgan fingerprint density at radius 1 is 0.250 bits per heavy atom. The summed E-state index contributed by atoms with van der Waals surface area (Å²) in [5.74, 6) is 0. The van der Waals surface area contributed by atoms with Crippen LogP contribution in [0.3, 0.4) is 0 Å². The van der Waals surface area contributed by atoms with Crippen LogP contribution in [-0.2, 0) is 0 Å². The van der Waals surface area contributed by atoms with Crippen molar-refractivity contribution in [1.82, 2.24) is 13.5 Å². The van der Waals surface area contributed by atoms with Crippen molar-refractivity contribution in [3.05, 3.63) is 212 Å². The van der Waals surface area contributed by atoms with Crippen molar-refractivity contribution < 1.29 is 0 Å². The van der Waals surface area contributed by atoms with Crippen molar-refractivity contribution in [2.24, 2.45) is 0 Å². The fourth-order valence-electron chi connectivity index (χ4n) is 11.1. The lowest BCUT2D eigenvalue weighted by Crippen LogP contribution is -1.94. The zero-order chi connectivity index (χ0) is 41.6. The lowest BCUT2D eigenvalue weighted by atomic mass is 10.0. The van der Waals surface area contributed by atoms with Crippen LogP contribution in [0.25, 0.3) is 136 Å². The molecule has 15 aromatic rings.